The molecule has 9 aromatic carbocycles. The highest BCUT2D eigenvalue weighted by Gasteiger charge is 2.35. The number of hydrogen-bond acceptors (Lipinski definition) is 2. The van der Waals surface area contributed by atoms with Crippen LogP contribution in [-0.4, -0.2) is 0 Å². The van der Waals surface area contributed by atoms with Gasteiger partial charge in [0.1, 0.15) is 22.3 Å². The average Bonchev–Trinajstić information content (AvgIpc) is 3.83. The van der Waals surface area contributed by atoms with Gasteiger partial charge >= 0.3 is 0 Å². The molecule has 1 aliphatic carbocycles. The number of fused-ring (bicyclic) bond motifs is 15. The summed E-state index contributed by atoms with van der Waals surface area (Å²) >= 11 is 0. The van der Waals surface area contributed by atoms with Crippen molar-refractivity contribution in [1.29, 1.82) is 0 Å². The van der Waals surface area contributed by atoms with E-state index in [1.165, 1.54) is 76.8 Å². The standard InChI is InChI=1S/C51H32O2/c1-51(2)45-13-7-5-11-36(45)37-20-16-32(26-46(37)51)31-18-22-49-43(25-31)42-24-30(17-21-48(42)52-49)29-15-19-35-39(23-29)33-9-3-4-10-34(33)40-27-44-38-12-6-8-14-47(38)53-50(44)28-41(35)40/h3-28H,1-2H3. The molecule has 2 aromatic heterocycles. The predicted octanol–water partition coefficient (Wildman–Crippen LogP) is 14.6. The number of furan rings is 2. The minimum atomic E-state index is -0.0413. The molecule has 0 N–H and O–H groups in total. The Labute approximate surface area is 305 Å². The van der Waals surface area contributed by atoms with Crippen LogP contribution in [0.15, 0.2) is 167 Å². The highest BCUT2D eigenvalue weighted by molar-refractivity contribution is 6.28. The molecular formula is C51H32O2. The fourth-order valence-electron chi connectivity index (χ4n) is 9.37. The van der Waals surface area contributed by atoms with E-state index in [2.05, 4.69) is 166 Å². The number of benzene rings is 9. The van der Waals surface area contributed by atoms with Crippen molar-refractivity contribution in [3.05, 3.63) is 169 Å². The molecule has 0 fully saturated rings. The zero-order chi connectivity index (χ0) is 35.0. The third-order valence-corrected chi connectivity index (χ3v) is 12.1. The maximum atomic E-state index is 6.41. The molecule has 0 amide bonds. The molecule has 2 heteroatoms. The van der Waals surface area contributed by atoms with E-state index in [1.807, 2.05) is 6.07 Å². The van der Waals surface area contributed by atoms with E-state index < -0.39 is 0 Å². The summed E-state index contributed by atoms with van der Waals surface area (Å²) in [7, 11) is 0. The van der Waals surface area contributed by atoms with Gasteiger partial charge in [-0.15, -0.1) is 0 Å². The lowest BCUT2D eigenvalue weighted by Gasteiger charge is -2.22. The van der Waals surface area contributed by atoms with Gasteiger partial charge in [-0.2, -0.15) is 0 Å². The molecule has 248 valence electrons. The molecule has 0 saturated carbocycles. The smallest absolute Gasteiger partial charge is 0.136 e. The summed E-state index contributed by atoms with van der Waals surface area (Å²) in [5, 5.41) is 12.0. The van der Waals surface area contributed by atoms with Crippen molar-refractivity contribution < 1.29 is 8.83 Å². The van der Waals surface area contributed by atoms with Gasteiger partial charge in [0, 0.05) is 27.0 Å². The molecule has 2 nitrogen and oxygen atoms in total. The minimum Gasteiger partial charge on any atom is -0.456 e. The lowest BCUT2D eigenvalue weighted by atomic mass is 9.81. The SMILES string of the molecule is CC1(C)c2ccccc2-c2ccc(-c3ccc4oc5ccc(-c6ccc7c(c6)c6ccccc6c6cc8c(cc76)oc6ccccc68)cc5c4c3)cc21. The van der Waals surface area contributed by atoms with Gasteiger partial charge in [0.25, 0.3) is 0 Å². The second kappa shape index (κ2) is 10.2. The fraction of sp³-hybridized carbons (Fsp3) is 0.0588. The quantitative estimate of drug-likeness (QED) is 0.170. The molecule has 11 aromatic rings. The minimum absolute atomic E-state index is 0.0413. The summed E-state index contributed by atoms with van der Waals surface area (Å²) in [5.74, 6) is 0. The monoisotopic (exact) mass is 676 g/mol. The van der Waals surface area contributed by atoms with Gasteiger partial charge in [-0.25, -0.2) is 0 Å². The predicted molar refractivity (Wildman–Crippen MR) is 222 cm³/mol. The lowest BCUT2D eigenvalue weighted by molar-refractivity contribution is 0.660. The number of rotatable bonds is 2. The van der Waals surface area contributed by atoms with Crippen LogP contribution in [0.3, 0.4) is 0 Å². The molecule has 12 rings (SSSR count). The van der Waals surface area contributed by atoms with Crippen LogP contribution in [0.25, 0.3) is 110 Å². The van der Waals surface area contributed by atoms with Gasteiger partial charge in [-0.05, 0) is 131 Å². The zero-order valence-electron chi connectivity index (χ0n) is 29.3. The summed E-state index contributed by atoms with van der Waals surface area (Å²) < 4.78 is 12.8. The van der Waals surface area contributed by atoms with Crippen LogP contribution < -0.4 is 0 Å². The summed E-state index contributed by atoms with van der Waals surface area (Å²) in [5.41, 5.74) is 13.9. The van der Waals surface area contributed by atoms with Crippen LogP contribution in [0, 0.1) is 0 Å². The molecule has 0 spiro atoms. The molecule has 1 aliphatic rings. The Balaban J connectivity index is 1.01. The molecule has 0 bridgehead atoms. The Morgan fingerprint density at radius 2 is 0.774 bits per heavy atom. The van der Waals surface area contributed by atoms with E-state index in [0.29, 0.717) is 0 Å². The molecular weight excluding hydrogens is 645 g/mol. The third kappa shape index (κ3) is 3.98. The van der Waals surface area contributed by atoms with Crippen LogP contribution in [-0.2, 0) is 5.41 Å². The zero-order valence-corrected chi connectivity index (χ0v) is 29.3. The Hall–Kier alpha value is -6.64. The summed E-state index contributed by atoms with van der Waals surface area (Å²) in [4.78, 5) is 0. The maximum absolute atomic E-state index is 6.41. The van der Waals surface area contributed by atoms with Crippen LogP contribution in [0.4, 0.5) is 0 Å². The third-order valence-electron chi connectivity index (χ3n) is 12.1. The van der Waals surface area contributed by atoms with Gasteiger partial charge < -0.3 is 8.83 Å². The molecule has 53 heavy (non-hydrogen) atoms. The van der Waals surface area contributed by atoms with Crippen LogP contribution in [0.2, 0.25) is 0 Å². The summed E-state index contributed by atoms with van der Waals surface area (Å²) in [6.45, 7) is 4.68. The second-order valence-electron chi connectivity index (χ2n) is 15.3. The van der Waals surface area contributed by atoms with E-state index in [0.717, 1.165) is 43.9 Å². The van der Waals surface area contributed by atoms with E-state index in [-0.39, 0.29) is 5.41 Å². The van der Waals surface area contributed by atoms with Crippen molar-refractivity contribution in [1.82, 2.24) is 0 Å². The van der Waals surface area contributed by atoms with Gasteiger partial charge in [-0.3, -0.25) is 0 Å². The van der Waals surface area contributed by atoms with Crippen LogP contribution in [0.1, 0.15) is 25.0 Å². The summed E-state index contributed by atoms with van der Waals surface area (Å²) in [6, 6.07) is 57.6. The molecule has 0 aliphatic heterocycles. The van der Waals surface area contributed by atoms with Crippen molar-refractivity contribution in [2.24, 2.45) is 0 Å². The van der Waals surface area contributed by atoms with E-state index >= 15 is 0 Å². The van der Waals surface area contributed by atoms with Crippen molar-refractivity contribution in [2.45, 2.75) is 19.3 Å². The topological polar surface area (TPSA) is 26.3 Å². The molecule has 0 saturated heterocycles. The maximum Gasteiger partial charge on any atom is 0.136 e. The highest BCUT2D eigenvalue weighted by atomic mass is 16.3. The molecule has 0 unspecified atom stereocenters. The molecule has 0 atom stereocenters. The van der Waals surface area contributed by atoms with Crippen LogP contribution >= 0.6 is 0 Å². The van der Waals surface area contributed by atoms with E-state index in [1.54, 1.807) is 0 Å². The Kier molecular flexibility index (Phi) is 5.60. The number of para-hydroxylation sites is 1. The van der Waals surface area contributed by atoms with Crippen molar-refractivity contribution in [3.8, 4) is 33.4 Å². The first-order valence-electron chi connectivity index (χ1n) is 18.4. The van der Waals surface area contributed by atoms with Crippen LogP contribution in [0.5, 0.6) is 0 Å². The number of hydrogen-bond donors (Lipinski definition) is 0. The molecule has 0 radical (unpaired) electrons. The normalized spacial score (nSPS) is 13.6. The van der Waals surface area contributed by atoms with Gasteiger partial charge in [0.05, 0.1) is 0 Å². The second-order valence-corrected chi connectivity index (χ2v) is 15.3. The Morgan fingerprint density at radius 3 is 1.53 bits per heavy atom. The first-order chi connectivity index (χ1) is 26.0. The van der Waals surface area contributed by atoms with Gasteiger partial charge in [0.15, 0.2) is 0 Å². The fourth-order valence-corrected chi connectivity index (χ4v) is 9.37. The summed E-state index contributed by atoms with van der Waals surface area (Å²) in [6.07, 6.45) is 0. The van der Waals surface area contributed by atoms with E-state index in [4.69, 9.17) is 8.83 Å². The largest absolute Gasteiger partial charge is 0.456 e. The first kappa shape index (κ1) is 29.0. The average molecular weight is 677 g/mol. The Morgan fingerprint density at radius 1 is 0.302 bits per heavy atom. The van der Waals surface area contributed by atoms with Crippen molar-refractivity contribution in [3.63, 3.8) is 0 Å². The van der Waals surface area contributed by atoms with Crippen molar-refractivity contribution >= 4 is 76.2 Å². The van der Waals surface area contributed by atoms with Crippen molar-refractivity contribution in [2.75, 3.05) is 0 Å². The van der Waals surface area contributed by atoms with Gasteiger partial charge in [-0.1, -0.05) is 117 Å². The Bertz CT molecular complexity index is 3370. The van der Waals surface area contributed by atoms with E-state index in [9.17, 15) is 0 Å². The highest BCUT2D eigenvalue weighted by Crippen LogP contribution is 2.50. The lowest BCUT2D eigenvalue weighted by Crippen LogP contribution is -2.14. The molecule has 2 heterocycles. The first-order valence-corrected chi connectivity index (χ1v) is 18.4. The van der Waals surface area contributed by atoms with Gasteiger partial charge in [0.2, 0.25) is 0 Å².